The molecule has 6 heteroatoms. The van der Waals surface area contributed by atoms with Gasteiger partial charge in [0.05, 0.1) is 0 Å². The second kappa shape index (κ2) is 11.2. The molecule has 0 amide bonds. The van der Waals surface area contributed by atoms with E-state index in [4.69, 9.17) is 9.47 Å². The zero-order valence-electron chi connectivity index (χ0n) is 16.2. The Morgan fingerprint density at radius 3 is 2.56 bits per heavy atom. The molecule has 2 rings (SSSR count). The predicted molar refractivity (Wildman–Crippen MR) is 110 cm³/mol. The van der Waals surface area contributed by atoms with Crippen LogP contribution in [0.4, 0.5) is 0 Å². The second-order valence-corrected chi connectivity index (χ2v) is 7.81. The summed E-state index contributed by atoms with van der Waals surface area (Å²) in [4.78, 5) is 13.9. The SMILES string of the molecule is CC(C)CC(C(=O)O)N(CCS)CCC(Cc1ccccc1)C1=COCO1. The van der Waals surface area contributed by atoms with Gasteiger partial charge in [0.2, 0.25) is 6.79 Å². The molecule has 0 saturated carbocycles. The summed E-state index contributed by atoms with van der Waals surface area (Å²) in [6.45, 7) is 5.71. The molecule has 1 aromatic rings. The molecule has 1 aromatic carbocycles. The Hall–Kier alpha value is -1.66. The molecule has 0 radical (unpaired) electrons. The summed E-state index contributed by atoms with van der Waals surface area (Å²) in [5, 5.41) is 9.71. The lowest BCUT2D eigenvalue weighted by Gasteiger charge is -2.31. The van der Waals surface area contributed by atoms with Crippen LogP contribution < -0.4 is 0 Å². The summed E-state index contributed by atoms with van der Waals surface area (Å²) in [5.74, 6) is 1.20. The molecular weight excluding hydrogens is 362 g/mol. The van der Waals surface area contributed by atoms with Gasteiger partial charge in [-0.15, -0.1) is 0 Å². The number of allylic oxidation sites excluding steroid dienone is 1. The molecule has 27 heavy (non-hydrogen) atoms. The fourth-order valence-corrected chi connectivity index (χ4v) is 3.69. The molecule has 1 aliphatic heterocycles. The highest BCUT2D eigenvalue weighted by Crippen LogP contribution is 2.26. The fourth-order valence-electron chi connectivity index (χ4n) is 3.44. The molecule has 1 aliphatic rings. The van der Waals surface area contributed by atoms with Crippen molar-refractivity contribution in [2.45, 2.75) is 39.2 Å². The number of ether oxygens (including phenoxy) is 2. The molecule has 1 heterocycles. The first kappa shape index (κ1) is 21.6. The van der Waals surface area contributed by atoms with Crippen LogP contribution >= 0.6 is 12.6 Å². The van der Waals surface area contributed by atoms with E-state index in [1.165, 1.54) is 5.56 Å². The Labute approximate surface area is 167 Å². The molecule has 0 bridgehead atoms. The molecule has 150 valence electrons. The Bertz CT molecular complexity index is 605. The quantitative estimate of drug-likeness (QED) is 0.529. The van der Waals surface area contributed by atoms with Crippen LogP contribution in [0.25, 0.3) is 0 Å². The molecule has 0 saturated heterocycles. The summed E-state index contributed by atoms with van der Waals surface area (Å²) in [6, 6.07) is 9.79. The monoisotopic (exact) mass is 393 g/mol. The lowest BCUT2D eigenvalue weighted by molar-refractivity contribution is -0.144. The van der Waals surface area contributed by atoms with E-state index in [9.17, 15) is 9.90 Å². The van der Waals surface area contributed by atoms with Crippen LogP contribution in [0.15, 0.2) is 42.4 Å². The van der Waals surface area contributed by atoms with E-state index < -0.39 is 12.0 Å². The first-order chi connectivity index (χ1) is 13.0. The second-order valence-electron chi connectivity index (χ2n) is 7.37. The van der Waals surface area contributed by atoms with Gasteiger partial charge >= 0.3 is 5.97 Å². The highest BCUT2D eigenvalue weighted by atomic mass is 32.1. The van der Waals surface area contributed by atoms with Gasteiger partial charge < -0.3 is 14.6 Å². The van der Waals surface area contributed by atoms with Gasteiger partial charge in [-0.2, -0.15) is 12.6 Å². The van der Waals surface area contributed by atoms with Crippen molar-refractivity contribution in [3.05, 3.63) is 47.9 Å². The number of benzene rings is 1. The first-order valence-electron chi connectivity index (χ1n) is 9.57. The average molecular weight is 394 g/mol. The molecule has 0 aromatic heterocycles. The number of thiol groups is 1. The number of aliphatic carboxylic acids is 1. The fraction of sp³-hybridized carbons (Fsp3) is 0.571. The van der Waals surface area contributed by atoms with E-state index in [0.717, 1.165) is 18.6 Å². The maximum atomic E-state index is 11.8. The van der Waals surface area contributed by atoms with E-state index >= 15 is 0 Å². The van der Waals surface area contributed by atoms with Gasteiger partial charge in [-0.3, -0.25) is 9.69 Å². The number of nitrogens with zero attached hydrogens (tertiary/aromatic N) is 1. The van der Waals surface area contributed by atoms with Crippen molar-refractivity contribution >= 4 is 18.6 Å². The zero-order valence-corrected chi connectivity index (χ0v) is 17.1. The topological polar surface area (TPSA) is 59.0 Å². The largest absolute Gasteiger partial charge is 0.480 e. The third-order valence-electron chi connectivity index (χ3n) is 4.79. The van der Waals surface area contributed by atoms with Crippen molar-refractivity contribution in [1.82, 2.24) is 4.90 Å². The third kappa shape index (κ3) is 7.11. The first-order valence-corrected chi connectivity index (χ1v) is 10.2. The van der Waals surface area contributed by atoms with Crippen molar-refractivity contribution in [2.24, 2.45) is 11.8 Å². The van der Waals surface area contributed by atoms with Gasteiger partial charge in [0.25, 0.3) is 0 Å². The van der Waals surface area contributed by atoms with E-state index in [1.807, 2.05) is 23.1 Å². The minimum Gasteiger partial charge on any atom is -0.480 e. The predicted octanol–water partition coefficient (Wildman–Crippen LogP) is 3.81. The smallest absolute Gasteiger partial charge is 0.320 e. The molecule has 0 fully saturated rings. The standard InChI is InChI=1S/C21H31NO4S/c1-16(2)12-19(21(23)24)22(10-11-27)9-8-18(20-14-25-15-26-20)13-17-6-4-3-5-7-17/h3-7,14,16,18-19,27H,8-13,15H2,1-2H3,(H,23,24). The molecular formula is C21H31NO4S. The molecule has 2 unspecified atom stereocenters. The van der Waals surface area contributed by atoms with Crippen molar-refractivity contribution < 1.29 is 19.4 Å². The van der Waals surface area contributed by atoms with E-state index in [2.05, 4.69) is 38.6 Å². The molecule has 0 spiro atoms. The summed E-state index contributed by atoms with van der Waals surface area (Å²) >= 11 is 4.34. The zero-order chi connectivity index (χ0) is 19.6. The number of carboxylic acid groups (broad SMARTS) is 1. The minimum atomic E-state index is -0.759. The van der Waals surface area contributed by atoms with E-state index in [1.54, 1.807) is 6.26 Å². The van der Waals surface area contributed by atoms with Crippen LogP contribution in [0.3, 0.4) is 0 Å². The Morgan fingerprint density at radius 1 is 1.26 bits per heavy atom. The van der Waals surface area contributed by atoms with Gasteiger partial charge in [0.1, 0.15) is 18.1 Å². The number of hydrogen-bond acceptors (Lipinski definition) is 5. The molecule has 1 N–H and O–H groups in total. The maximum Gasteiger partial charge on any atom is 0.320 e. The van der Waals surface area contributed by atoms with Crippen LogP contribution in [0.1, 0.15) is 32.3 Å². The van der Waals surface area contributed by atoms with Gasteiger partial charge in [-0.25, -0.2) is 0 Å². The van der Waals surface area contributed by atoms with Crippen LogP contribution in [-0.2, 0) is 20.7 Å². The van der Waals surface area contributed by atoms with Gasteiger partial charge in [0, 0.05) is 18.2 Å². The minimum absolute atomic E-state index is 0.158. The van der Waals surface area contributed by atoms with Crippen LogP contribution in [0, 0.1) is 11.8 Å². The average Bonchev–Trinajstić information content (AvgIpc) is 3.17. The highest BCUT2D eigenvalue weighted by Gasteiger charge is 2.28. The summed E-state index contributed by atoms with van der Waals surface area (Å²) in [5.41, 5.74) is 1.23. The van der Waals surface area contributed by atoms with Gasteiger partial charge in [-0.1, -0.05) is 44.2 Å². The van der Waals surface area contributed by atoms with Crippen LogP contribution in [-0.4, -0.2) is 47.7 Å². The number of rotatable bonds is 12. The summed E-state index contributed by atoms with van der Waals surface area (Å²) in [7, 11) is 0. The lowest BCUT2D eigenvalue weighted by atomic mass is 9.93. The van der Waals surface area contributed by atoms with Crippen molar-refractivity contribution in [2.75, 3.05) is 25.6 Å². The maximum absolute atomic E-state index is 11.8. The lowest BCUT2D eigenvalue weighted by Crippen LogP contribution is -2.44. The highest BCUT2D eigenvalue weighted by molar-refractivity contribution is 7.80. The molecule has 0 aliphatic carbocycles. The van der Waals surface area contributed by atoms with E-state index in [-0.39, 0.29) is 12.7 Å². The molecule has 5 nitrogen and oxygen atoms in total. The Kier molecular flexibility index (Phi) is 9.01. The van der Waals surface area contributed by atoms with E-state index in [0.29, 0.717) is 31.2 Å². The number of hydrogen-bond donors (Lipinski definition) is 2. The summed E-state index contributed by atoms with van der Waals surface area (Å²) in [6.07, 6.45) is 3.97. The van der Waals surface area contributed by atoms with Crippen LogP contribution in [0.2, 0.25) is 0 Å². The van der Waals surface area contributed by atoms with Crippen molar-refractivity contribution in [3.63, 3.8) is 0 Å². The Morgan fingerprint density at radius 2 is 2.00 bits per heavy atom. The number of carboxylic acids is 1. The van der Waals surface area contributed by atoms with Crippen molar-refractivity contribution in [1.29, 1.82) is 0 Å². The molecule has 2 atom stereocenters. The third-order valence-corrected chi connectivity index (χ3v) is 4.99. The Balaban J connectivity index is 2.08. The van der Waals surface area contributed by atoms with Crippen molar-refractivity contribution in [3.8, 4) is 0 Å². The van der Waals surface area contributed by atoms with Gasteiger partial charge in [-0.05, 0) is 37.3 Å². The summed E-state index contributed by atoms with van der Waals surface area (Å²) < 4.78 is 10.9. The normalized spacial score (nSPS) is 16.0. The van der Waals surface area contributed by atoms with Crippen LogP contribution in [0.5, 0.6) is 0 Å². The number of carbonyl (C=O) groups is 1. The van der Waals surface area contributed by atoms with Gasteiger partial charge in [0.15, 0.2) is 0 Å².